The van der Waals surface area contributed by atoms with Crippen molar-refractivity contribution in [2.75, 3.05) is 0 Å². The Morgan fingerprint density at radius 2 is 1.94 bits per heavy atom. The van der Waals surface area contributed by atoms with Crippen LogP contribution in [0.25, 0.3) is 0 Å². The topological polar surface area (TPSA) is 17.1 Å². The first kappa shape index (κ1) is 14.9. The number of halogens is 1. The van der Waals surface area contributed by atoms with Gasteiger partial charge in [0, 0.05) is 10.3 Å². The summed E-state index contributed by atoms with van der Waals surface area (Å²) in [6.45, 7) is 4.23. The molecule has 0 saturated carbocycles. The van der Waals surface area contributed by atoms with E-state index in [1.54, 1.807) is 0 Å². The molecule has 0 heterocycles. The molecule has 0 amide bonds. The highest BCUT2D eigenvalue weighted by atomic mass is 127. The van der Waals surface area contributed by atoms with Gasteiger partial charge in [0.1, 0.15) is 0 Å². The standard InChI is InChI=1S/C14H19IOS/c1-3-4-5-6-13(15)11-17(16)14-9-7-12(2)8-10-14/h7-11H,3-6H2,1-2H3/b13-11+. The van der Waals surface area contributed by atoms with Gasteiger partial charge in [-0.2, -0.15) is 0 Å². The Balaban J connectivity index is 2.58. The van der Waals surface area contributed by atoms with Crippen molar-refractivity contribution in [1.82, 2.24) is 0 Å². The van der Waals surface area contributed by atoms with Crippen molar-refractivity contribution >= 4 is 33.4 Å². The Labute approximate surface area is 120 Å². The second-order valence-corrected chi connectivity index (χ2v) is 6.82. The summed E-state index contributed by atoms with van der Waals surface area (Å²) in [5.74, 6) is 0. The molecule has 0 N–H and O–H groups in total. The van der Waals surface area contributed by atoms with E-state index in [1.807, 2.05) is 36.6 Å². The largest absolute Gasteiger partial charge is 0.250 e. The first-order valence-corrected chi connectivity index (χ1v) is 8.26. The highest BCUT2D eigenvalue weighted by Crippen LogP contribution is 2.19. The minimum absolute atomic E-state index is 0.889. The van der Waals surface area contributed by atoms with E-state index in [1.165, 1.54) is 28.4 Å². The molecule has 1 rings (SSSR count). The van der Waals surface area contributed by atoms with Crippen LogP contribution < -0.4 is 0 Å². The first-order chi connectivity index (χ1) is 8.13. The fraction of sp³-hybridized carbons (Fsp3) is 0.429. The van der Waals surface area contributed by atoms with E-state index in [9.17, 15) is 4.21 Å². The normalized spacial score (nSPS) is 13.7. The molecule has 1 atom stereocenters. The molecule has 0 radical (unpaired) electrons. The van der Waals surface area contributed by atoms with Gasteiger partial charge < -0.3 is 0 Å². The van der Waals surface area contributed by atoms with Gasteiger partial charge in [0.05, 0.1) is 10.8 Å². The van der Waals surface area contributed by atoms with Crippen LogP contribution in [0.15, 0.2) is 38.1 Å². The number of allylic oxidation sites excluding steroid dienone is 1. The fourth-order valence-electron chi connectivity index (χ4n) is 1.46. The van der Waals surface area contributed by atoms with Crippen molar-refractivity contribution in [1.29, 1.82) is 0 Å². The van der Waals surface area contributed by atoms with E-state index in [2.05, 4.69) is 29.5 Å². The van der Waals surface area contributed by atoms with Gasteiger partial charge in [0.15, 0.2) is 0 Å². The van der Waals surface area contributed by atoms with E-state index in [0.29, 0.717) is 0 Å². The minimum atomic E-state index is -0.997. The summed E-state index contributed by atoms with van der Waals surface area (Å²) in [4.78, 5) is 0.889. The number of aryl methyl sites for hydroxylation is 1. The molecular weight excluding hydrogens is 343 g/mol. The number of hydrogen-bond donors (Lipinski definition) is 0. The van der Waals surface area contributed by atoms with Crippen LogP contribution >= 0.6 is 22.6 Å². The summed E-state index contributed by atoms with van der Waals surface area (Å²) < 4.78 is 13.2. The third kappa shape index (κ3) is 5.82. The summed E-state index contributed by atoms with van der Waals surface area (Å²) in [6, 6.07) is 7.89. The maximum atomic E-state index is 12.0. The highest BCUT2D eigenvalue weighted by Gasteiger charge is 2.01. The molecule has 1 nitrogen and oxygen atoms in total. The van der Waals surface area contributed by atoms with Gasteiger partial charge in [-0.25, -0.2) is 4.21 Å². The monoisotopic (exact) mass is 362 g/mol. The lowest BCUT2D eigenvalue weighted by Crippen LogP contribution is -1.88. The van der Waals surface area contributed by atoms with E-state index in [0.717, 1.165) is 11.3 Å². The maximum absolute atomic E-state index is 12.0. The van der Waals surface area contributed by atoms with Gasteiger partial charge >= 0.3 is 0 Å². The molecule has 94 valence electrons. The second kappa shape index (κ2) is 8.03. The van der Waals surface area contributed by atoms with Gasteiger partial charge in [-0.1, -0.05) is 37.5 Å². The molecule has 1 unspecified atom stereocenters. The van der Waals surface area contributed by atoms with Crippen LogP contribution in [0, 0.1) is 6.92 Å². The highest BCUT2D eigenvalue weighted by molar-refractivity contribution is 14.1. The lowest BCUT2D eigenvalue weighted by atomic mass is 10.2. The quantitative estimate of drug-likeness (QED) is 0.516. The Morgan fingerprint density at radius 3 is 2.53 bits per heavy atom. The molecule has 0 aliphatic carbocycles. The lowest BCUT2D eigenvalue weighted by molar-refractivity contribution is 0.688. The zero-order valence-corrected chi connectivity index (χ0v) is 13.4. The average molecular weight is 362 g/mol. The van der Waals surface area contributed by atoms with E-state index < -0.39 is 10.8 Å². The number of unbranched alkanes of at least 4 members (excludes halogenated alkanes) is 2. The summed E-state index contributed by atoms with van der Waals surface area (Å²) in [5, 5.41) is 1.88. The summed E-state index contributed by atoms with van der Waals surface area (Å²) in [7, 11) is -0.997. The SMILES string of the molecule is CCCCC/C(I)=C\S(=O)c1ccc(C)cc1. The zero-order chi connectivity index (χ0) is 12.7. The van der Waals surface area contributed by atoms with Crippen LogP contribution in [0.4, 0.5) is 0 Å². The van der Waals surface area contributed by atoms with Crippen molar-refractivity contribution in [3.8, 4) is 0 Å². The van der Waals surface area contributed by atoms with Gasteiger partial charge in [-0.15, -0.1) is 0 Å². The van der Waals surface area contributed by atoms with E-state index in [4.69, 9.17) is 0 Å². The molecule has 0 aromatic heterocycles. The van der Waals surface area contributed by atoms with Crippen molar-refractivity contribution in [3.05, 3.63) is 38.8 Å². The molecule has 0 bridgehead atoms. The molecule has 1 aromatic carbocycles. The Hall–Kier alpha value is -0.160. The third-order valence-electron chi connectivity index (χ3n) is 2.51. The van der Waals surface area contributed by atoms with Crippen molar-refractivity contribution in [3.63, 3.8) is 0 Å². The second-order valence-electron chi connectivity index (χ2n) is 4.13. The molecule has 0 fully saturated rings. The number of rotatable bonds is 6. The van der Waals surface area contributed by atoms with Gasteiger partial charge in [-0.3, -0.25) is 0 Å². The minimum Gasteiger partial charge on any atom is -0.250 e. The van der Waals surface area contributed by atoms with Gasteiger partial charge in [0.2, 0.25) is 0 Å². The average Bonchev–Trinajstić information content (AvgIpc) is 2.30. The van der Waals surface area contributed by atoms with Crippen molar-refractivity contribution in [2.45, 2.75) is 44.4 Å². The van der Waals surface area contributed by atoms with Crippen LogP contribution in [-0.2, 0) is 10.8 Å². The number of benzene rings is 1. The predicted molar refractivity (Wildman–Crippen MR) is 83.8 cm³/mol. The zero-order valence-electron chi connectivity index (χ0n) is 10.4. The molecule has 1 aromatic rings. The Bertz CT molecular complexity index is 395. The smallest absolute Gasteiger partial charge is 0.0783 e. The van der Waals surface area contributed by atoms with Crippen LogP contribution in [-0.4, -0.2) is 4.21 Å². The fourth-order valence-corrected chi connectivity index (χ4v) is 3.42. The molecule has 3 heteroatoms. The Kier molecular flexibility index (Phi) is 7.04. The van der Waals surface area contributed by atoms with Crippen molar-refractivity contribution < 1.29 is 4.21 Å². The summed E-state index contributed by atoms with van der Waals surface area (Å²) >= 11 is 2.30. The molecule has 0 aliphatic rings. The van der Waals surface area contributed by atoms with Crippen molar-refractivity contribution in [2.24, 2.45) is 0 Å². The molecule has 0 spiro atoms. The summed E-state index contributed by atoms with van der Waals surface area (Å²) in [5.41, 5.74) is 1.20. The first-order valence-electron chi connectivity index (χ1n) is 5.97. The molecule has 0 aliphatic heterocycles. The maximum Gasteiger partial charge on any atom is 0.0783 e. The van der Waals surface area contributed by atoms with Crippen LogP contribution in [0.1, 0.15) is 38.2 Å². The van der Waals surface area contributed by atoms with E-state index in [-0.39, 0.29) is 0 Å². The molecule has 0 saturated heterocycles. The van der Waals surface area contributed by atoms with Gasteiger partial charge in [0.25, 0.3) is 0 Å². The van der Waals surface area contributed by atoms with Crippen LogP contribution in [0.2, 0.25) is 0 Å². The van der Waals surface area contributed by atoms with Crippen LogP contribution in [0.3, 0.4) is 0 Å². The van der Waals surface area contributed by atoms with Gasteiger partial charge in [-0.05, 0) is 58.1 Å². The molecular formula is C14H19IOS. The summed E-state index contributed by atoms with van der Waals surface area (Å²) in [6.07, 6.45) is 4.71. The predicted octanol–water partition coefficient (Wildman–Crippen LogP) is 4.96. The lowest BCUT2D eigenvalue weighted by Gasteiger charge is -2.01. The van der Waals surface area contributed by atoms with E-state index >= 15 is 0 Å². The Morgan fingerprint density at radius 1 is 1.29 bits per heavy atom. The van der Waals surface area contributed by atoms with Crippen LogP contribution in [0.5, 0.6) is 0 Å². The number of hydrogen-bond acceptors (Lipinski definition) is 1. The third-order valence-corrected chi connectivity index (χ3v) is 5.02. The molecule has 17 heavy (non-hydrogen) atoms.